The molecular formula is C15H22ClNO5. The van der Waals surface area contributed by atoms with Crippen LogP contribution in [-0.4, -0.2) is 75.0 Å². The van der Waals surface area contributed by atoms with E-state index in [2.05, 4.69) is 0 Å². The minimum Gasteiger partial charge on any atom is -0.388 e. The van der Waals surface area contributed by atoms with Gasteiger partial charge in [-0.25, -0.2) is 0 Å². The molecule has 1 heterocycles. The molecule has 1 aliphatic heterocycles. The molecule has 2 rings (SSSR count). The smallest absolute Gasteiger partial charge is 0.184 e. The van der Waals surface area contributed by atoms with Crippen molar-refractivity contribution in [3.8, 4) is 0 Å². The first-order valence-corrected chi connectivity index (χ1v) is 7.76. The molecule has 7 heteroatoms. The van der Waals surface area contributed by atoms with Crippen LogP contribution in [0.3, 0.4) is 0 Å². The van der Waals surface area contributed by atoms with E-state index in [4.69, 9.17) is 16.3 Å². The molecule has 0 aromatic heterocycles. The lowest BCUT2D eigenvalue weighted by atomic mass is 9.98. The Morgan fingerprint density at radius 2 is 1.68 bits per heavy atom. The van der Waals surface area contributed by atoms with Crippen molar-refractivity contribution in [2.24, 2.45) is 0 Å². The Balaban J connectivity index is 2.00. The highest BCUT2D eigenvalue weighted by atomic mass is 35.5. The van der Waals surface area contributed by atoms with Crippen molar-refractivity contribution in [2.45, 2.75) is 37.3 Å². The maximum Gasteiger partial charge on any atom is 0.184 e. The van der Waals surface area contributed by atoms with E-state index in [0.29, 0.717) is 19.0 Å². The van der Waals surface area contributed by atoms with Gasteiger partial charge in [0.2, 0.25) is 0 Å². The van der Waals surface area contributed by atoms with Gasteiger partial charge in [-0.15, -0.1) is 11.6 Å². The highest BCUT2D eigenvalue weighted by Gasteiger charge is 2.43. The third kappa shape index (κ3) is 4.39. The molecule has 0 amide bonds. The van der Waals surface area contributed by atoms with E-state index in [9.17, 15) is 20.4 Å². The minimum absolute atomic E-state index is 0.281. The van der Waals surface area contributed by atoms with Gasteiger partial charge in [0.15, 0.2) is 6.29 Å². The number of aliphatic hydroxyl groups excluding tert-OH is 4. The summed E-state index contributed by atoms with van der Waals surface area (Å²) >= 11 is 5.81. The SMILES string of the molecule is OC1OC(CN(CCCl)Cc2ccccc2)C(O)C(O)C1O. The van der Waals surface area contributed by atoms with E-state index in [1.165, 1.54) is 0 Å². The lowest BCUT2D eigenvalue weighted by molar-refractivity contribution is -0.283. The van der Waals surface area contributed by atoms with E-state index in [0.717, 1.165) is 5.56 Å². The van der Waals surface area contributed by atoms with Gasteiger partial charge in [0.1, 0.15) is 24.4 Å². The number of ether oxygens (including phenoxy) is 1. The molecule has 124 valence electrons. The largest absolute Gasteiger partial charge is 0.388 e. The number of hydrogen-bond acceptors (Lipinski definition) is 6. The second-order valence-corrected chi connectivity index (χ2v) is 5.82. The Morgan fingerprint density at radius 3 is 2.32 bits per heavy atom. The predicted octanol–water partition coefficient (Wildman–Crippen LogP) is -0.473. The summed E-state index contributed by atoms with van der Waals surface area (Å²) in [6.45, 7) is 1.45. The standard InChI is InChI=1S/C15H22ClNO5/c16-6-7-17(8-10-4-2-1-3-5-10)9-11-12(18)13(19)14(20)15(21)22-11/h1-5,11-15,18-21H,6-9H2. The second kappa shape index (κ2) is 8.21. The molecule has 1 fully saturated rings. The molecule has 5 unspecified atom stereocenters. The summed E-state index contributed by atoms with van der Waals surface area (Å²) in [4.78, 5) is 1.97. The van der Waals surface area contributed by atoms with Gasteiger partial charge in [-0.3, -0.25) is 4.90 Å². The maximum atomic E-state index is 10.0. The normalized spacial score (nSPS) is 32.4. The van der Waals surface area contributed by atoms with Crippen LogP contribution < -0.4 is 0 Å². The second-order valence-electron chi connectivity index (χ2n) is 5.45. The van der Waals surface area contributed by atoms with Gasteiger partial charge in [0.05, 0.1) is 0 Å². The van der Waals surface area contributed by atoms with Crippen LogP contribution in [0.15, 0.2) is 30.3 Å². The molecule has 4 N–H and O–H groups in total. The third-order valence-electron chi connectivity index (χ3n) is 3.78. The van der Waals surface area contributed by atoms with Crippen molar-refractivity contribution < 1.29 is 25.2 Å². The van der Waals surface area contributed by atoms with Gasteiger partial charge in [0, 0.05) is 25.5 Å². The average Bonchev–Trinajstić information content (AvgIpc) is 2.52. The number of halogens is 1. The molecule has 0 aliphatic carbocycles. The van der Waals surface area contributed by atoms with E-state index < -0.39 is 30.7 Å². The summed E-state index contributed by atoms with van der Waals surface area (Å²) in [5.41, 5.74) is 1.08. The number of hydrogen-bond donors (Lipinski definition) is 4. The number of nitrogens with zero attached hydrogens (tertiary/aromatic N) is 1. The van der Waals surface area contributed by atoms with Crippen LogP contribution in [0.2, 0.25) is 0 Å². The molecule has 0 spiro atoms. The maximum absolute atomic E-state index is 10.0. The molecule has 1 aliphatic rings. The molecule has 6 nitrogen and oxygen atoms in total. The van der Waals surface area contributed by atoms with Gasteiger partial charge >= 0.3 is 0 Å². The highest BCUT2D eigenvalue weighted by Crippen LogP contribution is 2.21. The Morgan fingerprint density at radius 1 is 1.00 bits per heavy atom. The molecule has 1 aromatic rings. The quantitative estimate of drug-likeness (QED) is 0.527. The summed E-state index contributed by atoms with van der Waals surface area (Å²) in [6.07, 6.45) is -6.55. The Labute approximate surface area is 134 Å². The lowest BCUT2D eigenvalue weighted by Crippen LogP contribution is -2.60. The summed E-state index contributed by atoms with van der Waals surface area (Å²) in [6, 6.07) is 9.76. The first-order valence-electron chi connectivity index (χ1n) is 7.23. The minimum atomic E-state index is -1.52. The topological polar surface area (TPSA) is 93.4 Å². The first kappa shape index (κ1) is 17.6. The van der Waals surface area contributed by atoms with E-state index in [-0.39, 0.29) is 6.54 Å². The third-order valence-corrected chi connectivity index (χ3v) is 3.94. The molecule has 0 saturated carbocycles. The van der Waals surface area contributed by atoms with Gasteiger partial charge in [0.25, 0.3) is 0 Å². The van der Waals surface area contributed by atoms with Crippen molar-refractivity contribution in [1.82, 2.24) is 4.90 Å². The van der Waals surface area contributed by atoms with Crippen LogP contribution in [0.4, 0.5) is 0 Å². The Hall–Kier alpha value is -0.730. The van der Waals surface area contributed by atoms with Crippen LogP contribution in [0.1, 0.15) is 5.56 Å². The number of benzene rings is 1. The van der Waals surface area contributed by atoms with Crippen LogP contribution >= 0.6 is 11.6 Å². The zero-order valence-electron chi connectivity index (χ0n) is 12.1. The van der Waals surface area contributed by atoms with E-state index in [1.54, 1.807) is 0 Å². The Bertz CT molecular complexity index is 449. The first-order chi connectivity index (χ1) is 10.5. The summed E-state index contributed by atoms with van der Waals surface area (Å²) in [5, 5.41) is 38.8. The van der Waals surface area contributed by atoms with Crippen molar-refractivity contribution in [3.63, 3.8) is 0 Å². The zero-order valence-corrected chi connectivity index (χ0v) is 12.9. The monoisotopic (exact) mass is 331 g/mol. The van der Waals surface area contributed by atoms with Gasteiger partial charge in [-0.05, 0) is 5.56 Å². The van der Waals surface area contributed by atoms with Crippen molar-refractivity contribution in [1.29, 1.82) is 0 Å². The molecular weight excluding hydrogens is 310 g/mol. The summed E-state index contributed by atoms with van der Waals surface area (Å²) < 4.78 is 5.21. The molecule has 0 radical (unpaired) electrons. The Kier molecular flexibility index (Phi) is 6.58. The molecule has 22 heavy (non-hydrogen) atoms. The average molecular weight is 332 g/mol. The molecule has 1 saturated heterocycles. The van der Waals surface area contributed by atoms with Crippen molar-refractivity contribution >= 4 is 11.6 Å². The molecule has 1 aromatic carbocycles. The van der Waals surface area contributed by atoms with Gasteiger partial charge in [-0.2, -0.15) is 0 Å². The fourth-order valence-corrected chi connectivity index (χ4v) is 2.77. The fraction of sp³-hybridized carbons (Fsp3) is 0.600. The van der Waals surface area contributed by atoms with Crippen molar-refractivity contribution in [2.75, 3.05) is 19.0 Å². The van der Waals surface area contributed by atoms with Crippen LogP contribution in [-0.2, 0) is 11.3 Å². The van der Waals surface area contributed by atoms with Crippen LogP contribution in [0.5, 0.6) is 0 Å². The highest BCUT2D eigenvalue weighted by molar-refractivity contribution is 6.18. The molecule has 5 atom stereocenters. The van der Waals surface area contributed by atoms with Crippen LogP contribution in [0.25, 0.3) is 0 Å². The van der Waals surface area contributed by atoms with Crippen LogP contribution in [0, 0.1) is 0 Å². The van der Waals surface area contributed by atoms with E-state index in [1.807, 2.05) is 35.2 Å². The van der Waals surface area contributed by atoms with Gasteiger partial charge in [-0.1, -0.05) is 30.3 Å². The molecule has 0 bridgehead atoms. The summed E-state index contributed by atoms with van der Waals surface area (Å²) in [7, 11) is 0. The number of alkyl halides is 1. The van der Waals surface area contributed by atoms with E-state index >= 15 is 0 Å². The lowest BCUT2D eigenvalue weighted by Gasteiger charge is -2.40. The fourth-order valence-electron chi connectivity index (χ4n) is 2.53. The number of aliphatic hydroxyl groups is 4. The van der Waals surface area contributed by atoms with Crippen molar-refractivity contribution in [3.05, 3.63) is 35.9 Å². The predicted molar refractivity (Wildman–Crippen MR) is 81.3 cm³/mol. The summed E-state index contributed by atoms with van der Waals surface area (Å²) in [5.74, 6) is 0.406. The van der Waals surface area contributed by atoms with Gasteiger partial charge < -0.3 is 25.2 Å². The number of rotatable bonds is 6. The zero-order chi connectivity index (χ0) is 16.1.